The van der Waals surface area contributed by atoms with Crippen LogP contribution in [0.2, 0.25) is 10.0 Å². The van der Waals surface area contributed by atoms with Crippen LogP contribution in [0, 0.1) is 0 Å². The molecule has 0 aliphatic carbocycles. The van der Waals surface area contributed by atoms with Gasteiger partial charge in [0.05, 0.1) is 10.6 Å². The highest BCUT2D eigenvalue weighted by Gasteiger charge is 2.28. The van der Waals surface area contributed by atoms with Crippen LogP contribution in [-0.4, -0.2) is 35.7 Å². The van der Waals surface area contributed by atoms with Gasteiger partial charge < -0.3 is 4.90 Å². The Hall–Kier alpha value is -1.59. The van der Waals surface area contributed by atoms with Crippen LogP contribution in [0.15, 0.2) is 18.2 Å². The lowest BCUT2D eigenvalue weighted by Crippen LogP contribution is -2.53. The summed E-state index contributed by atoms with van der Waals surface area (Å²) in [5.41, 5.74) is 0.173. The van der Waals surface area contributed by atoms with E-state index in [4.69, 9.17) is 23.2 Å². The highest BCUT2D eigenvalue weighted by atomic mass is 35.5. The fourth-order valence-electron chi connectivity index (χ4n) is 1.61. The highest BCUT2D eigenvalue weighted by molar-refractivity contribution is 6.35. The standard InChI is InChI=1S/C11H8Cl2N2O3/c12-6-1-2-8(13)7(3-6)11(18)15-4-9(16)14-10(17)5-15/h1-3H,4-5H2,(H,14,16,17). The average Bonchev–Trinajstić information content (AvgIpc) is 2.30. The van der Waals surface area contributed by atoms with Gasteiger partial charge in [0.25, 0.3) is 5.91 Å². The molecule has 0 spiro atoms. The van der Waals surface area contributed by atoms with E-state index in [0.717, 1.165) is 4.90 Å². The molecule has 1 aliphatic rings. The Bertz CT molecular complexity index is 529. The number of rotatable bonds is 1. The third-order valence-electron chi connectivity index (χ3n) is 2.39. The first kappa shape index (κ1) is 12.9. The molecular weight excluding hydrogens is 279 g/mol. The molecule has 0 aromatic heterocycles. The first-order valence-electron chi connectivity index (χ1n) is 5.04. The summed E-state index contributed by atoms with van der Waals surface area (Å²) < 4.78 is 0. The van der Waals surface area contributed by atoms with E-state index in [1.807, 2.05) is 0 Å². The Kier molecular flexibility index (Phi) is 3.54. The van der Waals surface area contributed by atoms with Crippen LogP contribution < -0.4 is 5.32 Å². The molecule has 1 aromatic rings. The molecule has 7 heteroatoms. The molecule has 1 aromatic carbocycles. The quantitative estimate of drug-likeness (QED) is 0.786. The zero-order valence-electron chi connectivity index (χ0n) is 9.07. The molecule has 5 nitrogen and oxygen atoms in total. The van der Waals surface area contributed by atoms with E-state index >= 15 is 0 Å². The minimum absolute atomic E-state index is 0.173. The van der Waals surface area contributed by atoms with Gasteiger partial charge in [0, 0.05) is 5.02 Å². The molecule has 0 bridgehead atoms. The summed E-state index contributed by atoms with van der Waals surface area (Å²) in [6, 6.07) is 4.45. The maximum Gasteiger partial charge on any atom is 0.256 e. The van der Waals surface area contributed by atoms with E-state index in [2.05, 4.69) is 5.32 Å². The lowest BCUT2D eigenvalue weighted by atomic mass is 10.2. The van der Waals surface area contributed by atoms with Crippen molar-refractivity contribution in [1.29, 1.82) is 0 Å². The number of nitrogens with one attached hydrogen (secondary N) is 1. The summed E-state index contributed by atoms with van der Waals surface area (Å²) in [5.74, 6) is -1.53. The lowest BCUT2D eigenvalue weighted by molar-refractivity contribution is -0.135. The topological polar surface area (TPSA) is 66.5 Å². The zero-order chi connectivity index (χ0) is 13.3. The second-order valence-corrected chi connectivity index (χ2v) is 4.60. The number of benzene rings is 1. The van der Waals surface area contributed by atoms with E-state index in [1.54, 1.807) is 6.07 Å². The van der Waals surface area contributed by atoms with Gasteiger partial charge in [-0.25, -0.2) is 0 Å². The van der Waals surface area contributed by atoms with Crippen molar-refractivity contribution in [2.75, 3.05) is 13.1 Å². The van der Waals surface area contributed by atoms with Crippen molar-refractivity contribution >= 4 is 40.9 Å². The number of amides is 3. The van der Waals surface area contributed by atoms with E-state index in [0.29, 0.717) is 5.02 Å². The SMILES string of the molecule is O=C1CN(C(=O)c2cc(Cl)ccc2Cl)CC(=O)N1. The number of carbonyl (C=O) groups excluding carboxylic acids is 3. The Morgan fingerprint density at radius 1 is 1.17 bits per heavy atom. The molecule has 0 saturated carbocycles. The second-order valence-electron chi connectivity index (χ2n) is 3.76. The number of nitrogens with zero attached hydrogens (tertiary/aromatic N) is 1. The molecule has 0 unspecified atom stereocenters. The minimum Gasteiger partial charge on any atom is -0.320 e. The van der Waals surface area contributed by atoms with Gasteiger partial charge in [-0.2, -0.15) is 0 Å². The van der Waals surface area contributed by atoms with E-state index in [1.165, 1.54) is 12.1 Å². The largest absolute Gasteiger partial charge is 0.320 e. The maximum atomic E-state index is 12.1. The highest BCUT2D eigenvalue weighted by Crippen LogP contribution is 2.22. The smallest absolute Gasteiger partial charge is 0.256 e. The van der Waals surface area contributed by atoms with Crippen molar-refractivity contribution in [3.05, 3.63) is 33.8 Å². The number of hydrogen-bond donors (Lipinski definition) is 1. The lowest BCUT2D eigenvalue weighted by Gasteiger charge is -2.25. The Labute approximate surface area is 113 Å². The first-order chi connectivity index (χ1) is 8.47. The first-order valence-corrected chi connectivity index (χ1v) is 5.80. The van der Waals surface area contributed by atoms with Crippen LogP contribution in [0.5, 0.6) is 0 Å². The molecule has 1 saturated heterocycles. The van der Waals surface area contributed by atoms with Crippen LogP contribution in [0.3, 0.4) is 0 Å². The van der Waals surface area contributed by atoms with Gasteiger partial charge >= 0.3 is 0 Å². The summed E-state index contributed by atoms with van der Waals surface area (Å²) in [7, 11) is 0. The summed E-state index contributed by atoms with van der Waals surface area (Å²) in [5, 5.41) is 2.69. The minimum atomic E-state index is -0.516. The van der Waals surface area contributed by atoms with Crippen LogP contribution >= 0.6 is 23.2 Å². The van der Waals surface area contributed by atoms with Crippen molar-refractivity contribution in [3.8, 4) is 0 Å². The van der Waals surface area contributed by atoms with E-state index < -0.39 is 17.7 Å². The molecule has 1 heterocycles. The van der Waals surface area contributed by atoms with Crippen LogP contribution in [-0.2, 0) is 9.59 Å². The summed E-state index contributed by atoms with van der Waals surface area (Å²) in [4.78, 5) is 35.6. The van der Waals surface area contributed by atoms with Crippen LogP contribution in [0.25, 0.3) is 0 Å². The summed E-state index contributed by atoms with van der Waals surface area (Å²) in [6.07, 6.45) is 0. The van der Waals surface area contributed by atoms with Gasteiger partial charge in [0.15, 0.2) is 0 Å². The van der Waals surface area contributed by atoms with E-state index in [-0.39, 0.29) is 23.7 Å². The van der Waals surface area contributed by atoms with Crippen molar-refractivity contribution in [2.45, 2.75) is 0 Å². The average molecular weight is 287 g/mol. The fraction of sp³-hybridized carbons (Fsp3) is 0.182. The number of hydrogen-bond acceptors (Lipinski definition) is 3. The van der Waals surface area contributed by atoms with Gasteiger partial charge in [0.2, 0.25) is 11.8 Å². The van der Waals surface area contributed by atoms with Crippen molar-refractivity contribution in [1.82, 2.24) is 10.2 Å². The third-order valence-corrected chi connectivity index (χ3v) is 2.96. The molecule has 1 fully saturated rings. The monoisotopic (exact) mass is 286 g/mol. The van der Waals surface area contributed by atoms with Gasteiger partial charge in [-0.3, -0.25) is 19.7 Å². The predicted molar refractivity (Wildman–Crippen MR) is 65.5 cm³/mol. The van der Waals surface area contributed by atoms with Gasteiger partial charge in [-0.1, -0.05) is 23.2 Å². The molecule has 0 atom stereocenters. The van der Waals surface area contributed by atoms with Crippen molar-refractivity contribution < 1.29 is 14.4 Å². The van der Waals surface area contributed by atoms with Gasteiger partial charge in [0.1, 0.15) is 13.1 Å². The second kappa shape index (κ2) is 4.96. The molecule has 18 heavy (non-hydrogen) atoms. The van der Waals surface area contributed by atoms with Gasteiger partial charge in [-0.05, 0) is 18.2 Å². The molecule has 2 rings (SSSR count). The van der Waals surface area contributed by atoms with Crippen molar-refractivity contribution in [3.63, 3.8) is 0 Å². The van der Waals surface area contributed by atoms with Crippen molar-refractivity contribution in [2.24, 2.45) is 0 Å². The number of carbonyl (C=O) groups is 3. The molecule has 1 aliphatic heterocycles. The summed E-state index contributed by atoms with van der Waals surface area (Å²) >= 11 is 11.7. The van der Waals surface area contributed by atoms with Gasteiger partial charge in [-0.15, -0.1) is 0 Å². The third kappa shape index (κ3) is 2.63. The predicted octanol–water partition coefficient (Wildman–Crippen LogP) is 1.09. The Balaban J connectivity index is 2.28. The van der Waals surface area contributed by atoms with Crippen LogP contribution in [0.4, 0.5) is 0 Å². The number of piperazine rings is 1. The molecule has 3 amide bonds. The Morgan fingerprint density at radius 3 is 2.39 bits per heavy atom. The molecule has 1 N–H and O–H groups in total. The number of imide groups is 1. The number of halogens is 2. The normalized spacial score (nSPS) is 15.6. The van der Waals surface area contributed by atoms with E-state index in [9.17, 15) is 14.4 Å². The molecule has 94 valence electrons. The summed E-state index contributed by atoms with van der Waals surface area (Å²) in [6.45, 7) is -0.346. The molecule has 0 radical (unpaired) electrons. The Morgan fingerprint density at radius 2 is 1.78 bits per heavy atom. The maximum absolute atomic E-state index is 12.1. The molecular formula is C11H8Cl2N2O3. The zero-order valence-corrected chi connectivity index (χ0v) is 10.6. The van der Waals surface area contributed by atoms with Crippen LogP contribution in [0.1, 0.15) is 10.4 Å². The fourth-order valence-corrected chi connectivity index (χ4v) is 1.98.